The van der Waals surface area contributed by atoms with Crippen LogP contribution in [0.3, 0.4) is 0 Å². The molecule has 1 atom stereocenters. The van der Waals surface area contributed by atoms with Crippen LogP contribution in [-0.2, 0) is 11.3 Å². The number of halogens is 1. The lowest BCUT2D eigenvalue weighted by Gasteiger charge is -2.10. The molecule has 3 heterocycles. The van der Waals surface area contributed by atoms with E-state index in [1.807, 2.05) is 10.6 Å². The second-order valence-electron chi connectivity index (χ2n) is 4.37. The minimum Gasteiger partial charge on any atom is -0.352 e. The van der Waals surface area contributed by atoms with Crippen LogP contribution in [0.15, 0.2) is 16.7 Å². The highest BCUT2D eigenvalue weighted by molar-refractivity contribution is 9.10. The number of carbonyl (C=O) groups excluding carboxylic acids is 1. The molecule has 1 aliphatic rings. The molecule has 3 rings (SSSR count). The molecule has 1 saturated heterocycles. The van der Waals surface area contributed by atoms with E-state index in [9.17, 15) is 4.79 Å². The third-order valence-corrected chi connectivity index (χ3v) is 3.82. The first-order chi connectivity index (χ1) is 8.63. The molecule has 94 valence electrons. The van der Waals surface area contributed by atoms with Gasteiger partial charge in [-0.25, -0.2) is 4.98 Å². The number of rotatable bonds is 2. The van der Waals surface area contributed by atoms with Gasteiger partial charge >= 0.3 is 0 Å². The second-order valence-corrected chi connectivity index (χ2v) is 5.67. The Labute approximate surface area is 117 Å². The van der Waals surface area contributed by atoms with E-state index in [0.717, 1.165) is 22.1 Å². The SMILES string of the molecule is O=C1CCC(Cn2c(=S)[nH]c3cc(Br)cnc32)N1. The Morgan fingerprint density at radius 1 is 1.61 bits per heavy atom. The Kier molecular flexibility index (Phi) is 2.95. The summed E-state index contributed by atoms with van der Waals surface area (Å²) in [6.07, 6.45) is 3.19. The van der Waals surface area contributed by atoms with Crippen LogP contribution in [0.25, 0.3) is 11.2 Å². The summed E-state index contributed by atoms with van der Waals surface area (Å²) in [4.78, 5) is 18.7. The molecular weight excluding hydrogens is 316 g/mol. The second kappa shape index (κ2) is 4.47. The van der Waals surface area contributed by atoms with Crippen molar-refractivity contribution in [3.8, 4) is 0 Å². The number of fused-ring (bicyclic) bond motifs is 1. The number of hydrogen-bond donors (Lipinski definition) is 2. The van der Waals surface area contributed by atoms with E-state index in [0.29, 0.717) is 17.7 Å². The van der Waals surface area contributed by atoms with E-state index in [4.69, 9.17) is 12.2 Å². The van der Waals surface area contributed by atoms with Crippen molar-refractivity contribution in [1.82, 2.24) is 19.9 Å². The van der Waals surface area contributed by atoms with Crippen molar-refractivity contribution in [2.75, 3.05) is 0 Å². The van der Waals surface area contributed by atoms with Crippen LogP contribution in [-0.4, -0.2) is 26.5 Å². The van der Waals surface area contributed by atoms with Gasteiger partial charge in [0.15, 0.2) is 10.4 Å². The fraction of sp³-hybridized carbons (Fsp3) is 0.364. The number of imidazole rings is 1. The van der Waals surface area contributed by atoms with E-state index in [2.05, 4.69) is 31.2 Å². The highest BCUT2D eigenvalue weighted by Crippen LogP contribution is 2.18. The molecule has 0 spiro atoms. The van der Waals surface area contributed by atoms with E-state index in [1.165, 1.54) is 0 Å². The van der Waals surface area contributed by atoms with Crippen LogP contribution >= 0.6 is 28.1 Å². The number of H-pyrrole nitrogens is 1. The Balaban J connectivity index is 1.98. The van der Waals surface area contributed by atoms with Gasteiger partial charge in [0.25, 0.3) is 0 Å². The van der Waals surface area contributed by atoms with Gasteiger partial charge in [0.05, 0.1) is 5.52 Å². The van der Waals surface area contributed by atoms with Gasteiger partial charge < -0.3 is 10.3 Å². The Hall–Kier alpha value is -1.21. The topological polar surface area (TPSA) is 62.7 Å². The number of nitrogens with zero attached hydrogens (tertiary/aromatic N) is 2. The lowest BCUT2D eigenvalue weighted by Crippen LogP contribution is -2.29. The van der Waals surface area contributed by atoms with Crippen LogP contribution in [0.2, 0.25) is 0 Å². The summed E-state index contributed by atoms with van der Waals surface area (Å²) in [5.41, 5.74) is 1.73. The zero-order valence-corrected chi connectivity index (χ0v) is 11.8. The molecule has 0 radical (unpaired) electrons. The van der Waals surface area contributed by atoms with E-state index in [-0.39, 0.29) is 11.9 Å². The van der Waals surface area contributed by atoms with Crippen LogP contribution in [0.5, 0.6) is 0 Å². The number of aromatic amines is 1. The first-order valence-corrected chi connectivity index (χ1v) is 6.87. The van der Waals surface area contributed by atoms with Gasteiger partial charge in [0, 0.05) is 29.7 Å². The zero-order valence-electron chi connectivity index (χ0n) is 9.44. The average molecular weight is 327 g/mol. The maximum absolute atomic E-state index is 11.2. The molecule has 0 aliphatic carbocycles. The molecule has 1 aliphatic heterocycles. The summed E-state index contributed by atoms with van der Waals surface area (Å²) < 4.78 is 3.48. The molecule has 0 saturated carbocycles. The highest BCUT2D eigenvalue weighted by Gasteiger charge is 2.22. The predicted octanol–water partition coefficient (Wildman–Crippen LogP) is 2.13. The van der Waals surface area contributed by atoms with Gasteiger partial charge in [-0.15, -0.1) is 0 Å². The Bertz CT molecular complexity index is 677. The van der Waals surface area contributed by atoms with Gasteiger partial charge in [-0.2, -0.15) is 0 Å². The fourth-order valence-corrected chi connectivity index (χ4v) is 2.82. The van der Waals surface area contributed by atoms with Crippen LogP contribution in [0, 0.1) is 4.77 Å². The summed E-state index contributed by atoms with van der Waals surface area (Å²) >= 11 is 8.68. The van der Waals surface area contributed by atoms with Gasteiger partial charge in [-0.3, -0.25) is 9.36 Å². The zero-order chi connectivity index (χ0) is 12.7. The first-order valence-electron chi connectivity index (χ1n) is 5.67. The van der Waals surface area contributed by atoms with Crippen molar-refractivity contribution in [3.05, 3.63) is 21.5 Å². The monoisotopic (exact) mass is 326 g/mol. The normalized spacial score (nSPS) is 19.4. The van der Waals surface area contributed by atoms with Gasteiger partial charge in [0.1, 0.15) is 0 Å². The van der Waals surface area contributed by atoms with Crippen LogP contribution < -0.4 is 5.32 Å². The molecule has 7 heteroatoms. The van der Waals surface area contributed by atoms with E-state index in [1.54, 1.807) is 6.20 Å². The molecule has 0 aromatic carbocycles. The van der Waals surface area contributed by atoms with Crippen molar-refractivity contribution < 1.29 is 4.79 Å². The Morgan fingerprint density at radius 2 is 2.44 bits per heavy atom. The molecule has 2 aromatic heterocycles. The van der Waals surface area contributed by atoms with E-state index < -0.39 is 0 Å². The van der Waals surface area contributed by atoms with Crippen molar-refractivity contribution in [1.29, 1.82) is 0 Å². The first kappa shape index (κ1) is 11.9. The largest absolute Gasteiger partial charge is 0.352 e. The number of nitrogens with one attached hydrogen (secondary N) is 2. The van der Waals surface area contributed by atoms with Gasteiger partial charge in [-0.1, -0.05) is 0 Å². The third kappa shape index (κ3) is 2.08. The van der Waals surface area contributed by atoms with Crippen molar-refractivity contribution in [2.24, 2.45) is 0 Å². The van der Waals surface area contributed by atoms with Gasteiger partial charge in [-0.05, 0) is 40.6 Å². The molecule has 5 nitrogen and oxygen atoms in total. The van der Waals surface area contributed by atoms with Crippen molar-refractivity contribution in [2.45, 2.75) is 25.4 Å². The van der Waals surface area contributed by atoms with Gasteiger partial charge in [0.2, 0.25) is 5.91 Å². The smallest absolute Gasteiger partial charge is 0.220 e. The summed E-state index contributed by atoms with van der Waals surface area (Å²) in [6, 6.07) is 2.09. The summed E-state index contributed by atoms with van der Waals surface area (Å²) in [5.74, 6) is 0.113. The number of aromatic nitrogens is 3. The predicted molar refractivity (Wildman–Crippen MR) is 73.8 cm³/mol. The molecule has 1 amide bonds. The Morgan fingerprint density at radius 3 is 3.17 bits per heavy atom. The summed E-state index contributed by atoms with van der Waals surface area (Å²) in [5, 5.41) is 2.94. The maximum atomic E-state index is 11.2. The number of pyridine rings is 1. The summed E-state index contributed by atoms with van der Waals surface area (Å²) in [6.45, 7) is 0.666. The lowest BCUT2D eigenvalue weighted by atomic mass is 10.2. The minimum atomic E-state index is 0.113. The molecule has 1 fully saturated rings. The number of amides is 1. The molecule has 18 heavy (non-hydrogen) atoms. The van der Waals surface area contributed by atoms with Crippen LogP contribution in [0.4, 0.5) is 0 Å². The minimum absolute atomic E-state index is 0.113. The molecule has 0 bridgehead atoms. The quantitative estimate of drug-likeness (QED) is 0.831. The standard InChI is InChI=1S/C11H11BrN4OS/c12-6-3-8-10(13-4-6)16(11(18)15-8)5-7-1-2-9(17)14-7/h3-4,7H,1-2,5H2,(H,14,17)(H,15,18). The van der Waals surface area contributed by atoms with E-state index >= 15 is 0 Å². The van der Waals surface area contributed by atoms with Crippen molar-refractivity contribution >= 4 is 45.2 Å². The average Bonchev–Trinajstić information content (AvgIpc) is 2.84. The van der Waals surface area contributed by atoms with Crippen LogP contribution in [0.1, 0.15) is 12.8 Å². The molecule has 2 aromatic rings. The highest BCUT2D eigenvalue weighted by atomic mass is 79.9. The molecule has 1 unspecified atom stereocenters. The third-order valence-electron chi connectivity index (χ3n) is 3.06. The number of carbonyl (C=O) groups is 1. The molecule has 2 N–H and O–H groups in total. The van der Waals surface area contributed by atoms with Crippen molar-refractivity contribution in [3.63, 3.8) is 0 Å². The lowest BCUT2D eigenvalue weighted by molar-refractivity contribution is -0.119. The molecular formula is C11H11BrN4OS. The maximum Gasteiger partial charge on any atom is 0.220 e. The fourth-order valence-electron chi connectivity index (χ4n) is 2.22. The number of hydrogen-bond acceptors (Lipinski definition) is 3. The summed E-state index contributed by atoms with van der Waals surface area (Å²) in [7, 11) is 0.